The van der Waals surface area contributed by atoms with Crippen LogP contribution in [0.1, 0.15) is 30.7 Å². The van der Waals surface area contributed by atoms with Crippen molar-refractivity contribution in [2.45, 2.75) is 43.2 Å². The second-order valence-corrected chi connectivity index (χ2v) is 9.98. The Morgan fingerprint density at radius 2 is 1.70 bits per heavy atom. The zero-order chi connectivity index (χ0) is 27.2. The summed E-state index contributed by atoms with van der Waals surface area (Å²) in [4.78, 5) is 3.82. The zero-order valence-electron chi connectivity index (χ0n) is 19.2. The summed E-state index contributed by atoms with van der Waals surface area (Å²) in [7, 11) is -2.05. The molecule has 1 unspecified atom stereocenters. The van der Waals surface area contributed by atoms with E-state index in [0.29, 0.717) is 5.56 Å². The first-order valence-corrected chi connectivity index (χ1v) is 11.7. The van der Waals surface area contributed by atoms with Gasteiger partial charge in [-0.25, -0.2) is 9.19 Å². The summed E-state index contributed by atoms with van der Waals surface area (Å²) in [5.41, 5.74) is -0.944. The Hall–Kier alpha value is -3.79. The van der Waals surface area contributed by atoms with E-state index in [2.05, 4.69) is 21.1 Å². The van der Waals surface area contributed by atoms with Crippen molar-refractivity contribution in [3.05, 3.63) is 71.4 Å². The molecule has 1 aliphatic rings. The zero-order valence-corrected chi connectivity index (χ0v) is 20.1. The van der Waals surface area contributed by atoms with Crippen LogP contribution in [0.2, 0.25) is 0 Å². The number of hydrogen-bond donors (Lipinski definition) is 1. The topological polar surface area (TPSA) is 78.2 Å². The van der Waals surface area contributed by atoms with Gasteiger partial charge in [-0.2, -0.15) is 18.4 Å². The van der Waals surface area contributed by atoms with Crippen LogP contribution in [-0.4, -0.2) is 15.6 Å². The average molecular weight is 540 g/mol. The minimum absolute atomic E-state index is 0.101. The van der Waals surface area contributed by atoms with Gasteiger partial charge >= 0.3 is 12.5 Å². The molecule has 0 spiro atoms. The third-order valence-corrected chi connectivity index (χ3v) is 6.92. The third-order valence-electron chi connectivity index (χ3n) is 5.53. The molecule has 6 nitrogen and oxygen atoms in total. The Kier molecular flexibility index (Phi) is 6.58. The molecule has 1 aliphatic heterocycles. The number of nitriles is 1. The van der Waals surface area contributed by atoms with E-state index in [1.54, 1.807) is 32.0 Å². The summed E-state index contributed by atoms with van der Waals surface area (Å²) in [5.74, 6) is -0.608. The summed E-state index contributed by atoms with van der Waals surface area (Å²) in [6.07, 6.45) is -9.60. The average Bonchev–Trinajstić information content (AvgIpc) is 2.98. The molecule has 0 radical (unpaired) electrons. The molecule has 0 saturated heterocycles. The number of alkyl halides is 6. The number of pyridine rings is 1. The maximum absolute atomic E-state index is 13.8. The van der Waals surface area contributed by atoms with Gasteiger partial charge in [0.2, 0.25) is 0 Å². The molecule has 194 valence electrons. The van der Waals surface area contributed by atoms with Crippen LogP contribution < -0.4 is 14.4 Å². The van der Waals surface area contributed by atoms with Crippen LogP contribution in [0.25, 0.3) is 0 Å². The van der Waals surface area contributed by atoms with Crippen LogP contribution in [0.5, 0.6) is 5.75 Å². The van der Waals surface area contributed by atoms with Gasteiger partial charge in [0.1, 0.15) is 17.3 Å². The molecule has 13 heteroatoms. The van der Waals surface area contributed by atoms with E-state index in [1.807, 2.05) is 0 Å². The number of halogens is 6. The highest BCUT2D eigenvalue weighted by atomic mass is 32.2. The van der Waals surface area contributed by atoms with Crippen LogP contribution in [0.15, 0.2) is 59.5 Å². The first-order chi connectivity index (χ1) is 17.2. The monoisotopic (exact) mass is 540 g/mol. The molecule has 3 aromatic rings. The maximum Gasteiger partial charge on any atom is 0.573 e. The highest BCUT2D eigenvalue weighted by Crippen LogP contribution is 2.44. The number of fused-ring (bicyclic) bond motifs is 2. The van der Waals surface area contributed by atoms with Crippen molar-refractivity contribution >= 4 is 28.2 Å². The lowest BCUT2D eigenvalue weighted by atomic mass is 9.84. The van der Waals surface area contributed by atoms with Gasteiger partial charge < -0.3 is 10.1 Å². The van der Waals surface area contributed by atoms with Crippen molar-refractivity contribution in [1.82, 2.24) is 4.98 Å². The van der Waals surface area contributed by atoms with Crippen molar-refractivity contribution in [3.8, 4) is 11.8 Å². The normalized spacial score (nSPS) is 14.5. The van der Waals surface area contributed by atoms with E-state index in [4.69, 9.17) is 0 Å². The van der Waals surface area contributed by atoms with Gasteiger partial charge in [0.25, 0.3) is 0 Å². The molecule has 1 aromatic heterocycles. The second-order valence-electron chi connectivity index (χ2n) is 8.57. The van der Waals surface area contributed by atoms with Crippen molar-refractivity contribution in [2.24, 2.45) is 0 Å². The van der Waals surface area contributed by atoms with E-state index >= 15 is 0 Å². The van der Waals surface area contributed by atoms with Gasteiger partial charge in [-0.15, -0.1) is 13.2 Å². The highest BCUT2D eigenvalue weighted by Gasteiger charge is 2.36. The van der Waals surface area contributed by atoms with Crippen LogP contribution in [0, 0.1) is 11.3 Å². The number of benzene rings is 2. The molecular formula is C24H18F6N4O2S. The molecule has 0 amide bonds. The second kappa shape index (κ2) is 9.26. The predicted octanol–water partition coefficient (Wildman–Crippen LogP) is 6.59. The fourth-order valence-electron chi connectivity index (χ4n) is 3.75. The number of aromatic nitrogens is 1. The van der Waals surface area contributed by atoms with Crippen molar-refractivity contribution in [1.29, 1.82) is 5.26 Å². The van der Waals surface area contributed by atoms with Gasteiger partial charge in [-0.05, 0) is 55.8 Å². The summed E-state index contributed by atoms with van der Waals surface area (Å²) in [6.45, 7) is 3.09. The highest BCUT2D eigenvalue weighted by molar-refractivity contribution is 7.86. The molecular weight excluding hydrogens is 522 g/mol. The van der Waals surface area contributed by atoms with E-state index in [9.17, 15) is 35.8 Å². The Balaban J connectivity index is 1.85. The third kappa shape index (κ3) is 5.48. The molecule has 2 aromatic carbocycles. The first kappa shape index (κ1) is 26.3. The van der Waals surface area contributed by atoms with E-state index in [-0.39, 0.29) is 34.2 Å². The molecule has 4 rings (SSSR count). The minimum atomic E-state index is -4.90. The van der Waals surface area contributed by atoms with Gasteiger partial charge in [-0.3, -0.25) is 4.31 Å². The minimum Gasteiger partial charge on any atom is -0.406 e. The fraction of sp³-hybridized carbons (Fsp3) is 0.250. The van der Waals surface area contributed by atoms with Gasteiger partial charge in [0.15, 0.2) is 11.0 Å². The van der Waals surface area contributed by atoms with E-state index < -0.39 is 40.4 Å². The molecule has 37 heavy (non-hydrogen) atoms. The maximum atomic E-state index is 13.8. The Morgan fingerprint density at radius 3 is 2.30 bits per heavy atom. The summed E-state index contributed by atoms with van der Waals surface area (Å²) < 4.78 is 96.6. The number of ether oxygens (including phenoxy) is 1. The molecule has 1 atom stereocenters. The van der Waals surface area contributed by atoms with Gasteiger partial charge in [-0.1, -0.05) is 18.2 Å². The summed E-state index contributed by atoms with van der Waals surface area (Å²) in [6, 6.07) is 13.4. The Morgan fingerprint density at radius 1 is 1.03 bits per heavy atom. The largest absolute Gasteiger partial charge is 0.573 e. The number of hydrogen-bond acceptors (Lipinski definition) is 5. The Labute approximate surface area is 210 Å². The van der Waals surface area contributed by atoms with Crippen molar-refractivity contribution in [2.75, 3.05) is 9.62 Å². The molecule has 0 bridgehead atoms. The summed E-state index contributed by atoms with van der Waals surface area (Å²) in [5, 5.41) is 12.7. The lowest BCUT2D eigenvalue weighted by molar-refractivity contribution is -0.274. The van der Waals surface area contributed by atoms with Gasteiger partial charge in [0, 0.05) is 5.56 Å². The quantitative estimate of drug-likeness (QED) is 0.378. The standard InChI is InChI=1S/C24H18F6N4O2S/c1-22(2,13-31)17-4-3-5-18-20(17)34(12-14-6-11-19(23(25,26)27)33-21(14)32-18)37(35)16-9-7-15(8-10-16)36-24(28,29)30/h3-11H,12H2,1-2H3,(H,32,33). The SMILES string of the molecule is CC(C)(C#N)c1cccc2c1N(S(=O)c1ccc(OC(F)(F)F)cc1)Cc1ccc(C(F)(F)F)nc1N2. The lowest BCUT2D eigenvalue weighted by Gasteiger charge is -2.29. The molecule has 1 N–H and O–H groups in total. The first-order valence-electron chi connectivity index (χ1n) is 10.6. The molecule has 0 fully saturated rings. The van der Waals surface area contributed by atoms with E-state index in [0.717, 1.165) is 18.2 Å². The Bertz CT molecular complexity index is 1400. The van der Waals surface area contributed by atoms with Gasteiger partial charge in [0.05, 0.1) is 34.3 Å². The lowest BCUT2D eigenvalue weighted by Crippen LogP contribution is -2.28. The number of anilines is 3. The number of rotatable bonds is 4. The molecule has 2 heterocycles. The van der Waals surface area contributed by atoms with Crippen LogP contribution in [0.4, 0.5) is 43.5 Å². The summed E-state index contributed by atoms with van der Waals surface area (Å²) >= 11 is 0. The number of nitrogens with one attached hydrogen (secondary N) is 1. The molecule has 0 saturated carbocycles. The van der Waals surface area contributed by atoms with Crippen LogP contribution in [-0.2, 0) is 29.1 Å². The van der Waals surface area contributed by atoms with Crippen molar-refractivity contribution in [3.63, 3.8) is 0 Å². The fourth-order valence-corrected chi connectivity index (χ4v) is 4.99. The van der Waals surface area contributed by atoms with Crippen LogP contribution >= 0.6 is 0 Å². The van der Waals surface area contributed by atoms with E-state index in [1.165, 1.54) is 22.5 Å². The van der Waals surface area contributed by atoms with Crippen molar-refractivity contribution < 1.29 is 35.3 Å². The smallest absolute Gasteiger partial charge is 0.406 e. The van der Waals surface area contributed by atoms with Crippen LogP contribution in [0.3, 0.4) is 0 Å². The number of para-hydroxylation sites is 1. The molecule has 0 aliphatic carbocycles. The number of nitrogens with zero attached hydrogens (tertiary/aromatic N) is 3. The predicted molar refractivity (Wildman–Crippen MR) is 123 cm³/mol.